The summed E-state index contributed by atoms with van der Waals surface area (Å²) in [5, 5.41) is 0. The number of nitrogens with two attached hydrogens (primary N) is 1. The average Bonchev–Trinajstić information content (AvgIpc) is 2.81. The summed E-state index contributed by atoms with van der Waals surface area (Å²) in [5.41, 5.74) is 2.68. The normalized spacial score (nSPS) is 19.5. The number of halogens is 2. The summed E-state index contributed by atoms with van der Waals surface area (Å²) in [6.07, 6.45) is 0.655. The number of benzene rings is 1. The van der Waals surface area contributed by atoms with Gasteiger partial charge in [0.05, 0.1) is 5.92 Å². The minimum absolute atomic E-state index is 0.201. The number of amides is 1. The van der Waals surface area contributed by atoms with Crippen LogP contribution < -0.4 is 16.2 Å². The van der Waals surface area contributed by atoms with E-state index in [-0.39, 0.29) is 11.8 Å². The minimum Gasteiger partial charge on any atom is -0.371 e. The van der Waals surface area contributed by atoms with Crippen LogP contribution in [0.4, 0.5) is 14.5 Å². The van der Waals surface area contributed by atoms with E-state index in [1.54, 1.807) is 0 Å². The number of carbonyl (C=O) groups excluding carboxylic acids is 1. The Labute approximate surface area is 97.4 Å². The smallest absolute Gasteiger partial charge is 0.238 e. The van der Waals surface area contributed by atoms with Crippen molar-refractivity contribution in [1.29, 1.82) is 0 Å². The summed E-state index contributed by atoms with van der Waals surface area (Å²) in [6, 6.07) is 3.72. The van der Waals surface area contributed by atoms with E-state index in [0.29, 0.717) is 25.2 Å². The predicted octanol–water partition coefficient (Wildman–Crippen LogP) is 0.781. The Morgan fingerprint density at radius 1 is 1.41 bits per heavy atom. The maximum atomic E-state index is 13.1. The number of carbonyl (C=O) groups is 1. The monoisotopic (exact) mass is 241 g/mol. The van der Waals surface area contributed by atoms with Crippen molar-refractivity contribution in [2.24, 2.45) is 11.8 Å². The lowest BCUT2D eigenvalue weighted by molar-refractivity contribution is -0.124. The highest BCUT2D eigenvalue weighted by molar-refractivity contribution is 5.79. The third kappa shape index (κ3) is 2.36. The molecule has 1 saturated heterocycles. The molecule has 0 radical (unpaired) electrons. The summed E-state index contributed by atoms with van der Waals surface area (Å²) in [7, 11) is 0. The maximum Gasteiger partial charge on any atom is 0.238 e. The molecule has 17 heavy (non-hydrogen) atoms. The number of nitrogens with one attached hydrogen (secondary N) is 1. The lowest BCUT2D eigenvalue weighted by Crippen LogP contribution is -2.37. The van der Waals surface area contributed by atoms with Gasteiger partial charge in [0.25, 0.3) is 0 Å². The third-order valence-corrected chi connectivity index (χ3v) is 2.97. The molecular weight excluding hydrogens is 228 g/mol. The van der Waals surface area contributed by atoms with Crippen LogP contribution in [-0.4, -0.2) is 19.0 Å². The van der Waals surface area contributed by atoms with Gasteiger partial charge >= 0.3 is 0 Å². The van der Waals surface area contributed by atoms with Crippen LogP contribution in [0.3, 0.4) is 0 Å². The van der Waals surface area contributed by atoms with Crippen molar-refractivity contribution in [3.63, 3.8) is 0 Å². The van der Waals surface area contributed by atoms with Gasteiger partial charge < -0.3 is 4.90 Å². The Morgan fingerprint density at radius 2 is 2.18 bits per heavy atom. The summed E-state index contributed by atoms with van der Waals surface area (Å²) in [4.78, 5) is 13.2. The average molecular weight is 241 g/mol. The van der Waals surface area contributed by atoms with Crippen molar-refractivity contribution >= 4 is 11.6 Å². The molecule has 1 amide bonds. The molecule has 0 aliphatic carbocycles. The number of hydrogen-bond acceptors (Lipinski definition) is 3. The summed E-state index contributed by atoms with van der Waals surface area (Å²) in [6.45, 7) is 1.09. The maximum absolute atomic E-state index is 13.1. The Balaban J connectivity index is 2.10. The van der Waals surface area contributed by atoms with Crippen LogP contribution in [0.1, 0.15) is 6.42 Å². The van der Waals surface area contributed by atoms with E-state index in [4.69, 9.17) is 5.84 Å². The zero-order chi connectivity index (χ0) is 12.4. The Morgan fingerprint density at radius 3 is 2.82 bits per heavy atom. The van der Waals surface area contributed by atoms with Crippen LogP contribution >= 0.6 is 0 Å². The lowest BCUT2D eigenvalue weighted by atomic mass is 10.1. The van der Waals surface area contributed by atoms with Gasteiger partial charge in [0.15, 0.2) is 11.6 Å². The second-order valence-electron chi connectivity index (χ2n) is 4.04. The molecule has 1 unspecified atom stereocenters. The Hall–Kier alpha value is -1.69. The predicted molar refractivity (Wildman–Crippen MR) is 59.0 cm³/mol. The molecule has 0 spiro atoms. The molecule has 1 fully saturated rings. The first kappa shape index (κ1) is 11.8. The van der Waals surface area contributed by atoms with Crippen molar-refractivity contribution in [2.45, 2.75) is 6.42 Å². The van der Waals surface area contributed by atoms with Crippen molar-refractivity contribution in [3.8, 4) is 0 Å². The van der Waals surface area contributed by atoms with Crippen LogP contribution in [0.2, 0.25) is 0 Å². The molecule has 92 valence electrons. The molecule has 1 aromatic rings. The van der Waals surface area contributed by atoms with E-state index in [9.17, 15) is 13.6 Å². The number of hydrazine groups is 1. The van der Waals surface area contributed by atoms with Gasteiger partial charge in [-0.15, -0.1) is 0 Å². The van der Waals surface area contributed by atoms with E-state index < -0.39 is 11.6 Å². The molecule has 1 heterocycles. The van der Waals surface area contributed by atoms with E-state index in [0.717, 1.165) is 12.1 Å². The van der Waals surface area contributed by atoms with Crippen LogP contribution in [0.25, 0.3) is 0 Å². The molecule has 1 aliphatic rings. The first-order chi connectivity index (χ1) is 8.11. The van der Waals surface area contributed by atoms with Gasteiger partial charge in [-0.1, -0.05) is 0 Å². The first-order valence-corrected chi connectivity index (χ1v) is 5.32. The van der Waals surface area contributed by atoms with E-state index in [2.05, 4.69) is 5.43 Å². The van der Waals surface area contributed by atoms with Crippen LogP contribution in [0.15, 0.2) is 18.2 Å². The van der Waals surface area contributed by atoms with E-state index in [1.165, 1.54) is 6.07 Å². The standard InChI is InChI=1S/C11H13F2N3O/c12-9-2-1-8(5-10(9)13)16-4-3-7(6-16)11(17)15-14/h1-2,5,7H,3-4,6,14H2,(H,15,17). The molecule has 0 saturated carbocycles. The Bertz CT molecular complexity index is 439. The number of hydrogen-bond donors (Lipinski definition) is 2. The van der Waals surface area contributed by atoms with Gasteiger partial charge in [0.2, 0.25) is 5.91 Å². The fourth-order valence-corrected chi connectivity index (χ4v) is 2.01. The molecule has 1 aromatic carbocycles. The highest BCUT2D eigenvalue weighted by Crippen LogP contribution is 2.25. The van der Waals surface area contributed by atoms with Gasteiger partial charge in [-0.2, -0.15) is 0 Å². The zero-order valence-electron chi connectivity index (χ0n) is 9.12. The molecule has 0 aromatic heterocycles. The van der Waals surface area contributed by atoms with Gasteiger partial charge in [-0.3, -0.25) is 10.2 Å². The number of anilines is 1. The summed E-state index contributed by atoms with van der Waals surface area (Å²) >= 11 is 0. The van der Waals surface area contributed by atoms with Crippen LogP contribution in [0.5, 0.6) is 0 Å². The van der Waals surface area contributed by atoms with E-state index in [1.807, 2.05) is 4.90 Å². The molecule has 1 aliphatic heterocycles. The molecule has 3 N–H and O–H groups in total. The third-order valence-electron chi connectivity index (χ3n) is 2.97. The molecule has 2 rings (SSSR count). The molecule has 1 atom stereocenters. The SMILES string of the molecule is NNC(=O)C1CCN(c2ccc(F)c(F)c2)C1. The van der Waals surface area contributed by atoms with E-state index >= 15 is 0 Å². The number of rotatable bonds is 2. The second kappa shape index (κ2) is 4.67. The van der Waals surface area contributed by atoms with Gasteiger partial charge in [-0.25, -0.2) is 14.6 Å². The van der Waals surface area contributed by atoms with Crippen LogP contribution in [-0.2, 0) is 4.79 Å². The second-order valence-corrected chi connectivity index (χ2v) is 4.04. The topological polar surface area (TPSA) is 58.4 Å². The van der Waals surface area contributed by atoms with Gasteiger partial charge in [0.1, 0.15) is 0 Å². The van der Waals surface area contributed by atoms with Crippen molar-refractivity contribution < 1.29 is 13.6 Å². The fourth-order valence-electron chi connectivity index (χ4n) is 2.01. The van der Waals surface area contributed by atoms with Crippen molar-refractivity contribution in [3.05, 3.63) is 29.8 Å². The molecular formula is C11H13F2N3O. The van der Waals surface area contributed by atoms with Gasteiger partial charge in [-0.05, 0) is 18.6 Å². The Kier molecular flexibility index (Phi) is 3.23. The lowest BCUT2D eigenvalue weighted by Gasteiger charge is -2.18. The number of nitrogens with zero attached hydrogens (tertiary/aromatic N) is 1. The highest BCUT2D eigenvalue weighted by Gasteiger charge is 2.28. The van der Waals surface area contributed by atoms with Crippen molar-refractivity contribution in [1.82, 2.24) is 5.43 Å². The largest absolute Gasteiger partial charge is 0.371 e. The van der Waals surface area contributed by atoms with Crippen LogP contribution in [0, 0.1) is 17.6 Å². The summed E-state index contributed by atoms with van der Waals surface area (Å²) < 4.78 is 25.8. The fraction of sp³-hybridized carbons (Fsp3) is 0.364. The quantitative estimate of drug-likeness (QED) is 0.457. The molecule has 4 nitrogen and oxygen atoms in total. The first-order valence-electron chi connectivity index (χ1n) is 5.32. The minimum atomic E-state index is -0.880. The zero-order valence-corrected chi connectivity index (χ0v) is 9.12. The highest BCUT2D eigenvalue weighted by atomic mass is 19.2. The molecule has 0 bridgehead atoms. The summed E-state index contributed by atoms with van der Waals surface area (Å²) in [5.74, 6) is 2.87. The van der Waals surface area contributed by atoms with Crippen molar-refractivity contribution in [2.75, 3.05) is 18.0 Å². The van der Waals surface area contributed by atoms with Gasteiger partial charge in [0, 0.05) is 24.8 Å². The molecule has 6 heteroatoms.